The number of aromatic nitrogens is 3. The Morgan fingerprint density at radius 1 is 1.14 bits per heavy atom. The highest BCUT2D eigenvalue weighted by atomic mass is 32.1. The Labute approximate surface area is 173 Å². The van der Waals surface area contributed by atoms with Crippen LogP contribution in [0, 0.1) is 0 Å². The fourth-order valence-corrected chi connectivity index (χ4v) is 3.69. The van der Waals surface area contributed by atoms with Crippen LogP contribution in [0.1, 0.15) is 15.5 Å². The molecule has 7 heteroatoms. The molecule has 2 aromatic carbocycles. The van der Waals surface area contributed by atoms with E-state index >= 15 is 0 Å². The molecule has 0 aliphatic carbocycles. The van der Waals surface area contributed by atoms with Gasteiger partial charge in [-0.05, 0) is 30.3 Å². The first-order valence-corrected chi connectivity index (χ1v) is 9.97. The number of amides is 1. The van der Waals surface area contributed by atoms with E-state index in [9.17, 15) is 4.79 Å². The van der Waals surface area contributed by atoms with Crippen LogP contribution in [0.15, 0.2) is 72.2 Å². The number of rotatable bonds is 6. The first-order chi connectivity index (χ1) is 14.2. The molecule has 6 nitrogen and oxygen atoms in total. The number of thiazole rings is 1. The quantitative estimate of drug-likeness (QED) is 0.481. The Balaban J connectivity index is 1.71. The van der Waals surface area contributed by atoms with Gasteiger partial charge in [0.25, 0.3) is 5.91 Å². The molecule has 0 bridgehead atoms. The van der Waals surface area contributed by atoms with Gasteiger partial charge in [-0.15, -0.1) is 11.3 Å². The third kappa shape index (κ3) is 4.05. The van der Waals surface area contributed by atoms with E-state index in [4.69, 9.17) is 4.74 Å². The zero-order valence-electron chi connectivity index (χ0n) is 16.1. The number of benzene rings is 2. The smallest absolute Gasteiger partial charge is 0.274 e. The largest absolute Gasteiger partial charge is 0.497 e. The van der Waals surface area contributed by atoms with Crippen LogP contribution in [0.3, 0.4) is 0 Å². The summed E-state index contributed by atoms with van der Waals surface area (Å²) in [5.41, 5.74) is 3.07. The molecule has 0 atom stereocenters. The van der Waals surface area contributed by atoms with Crippen molar-refractivity contribution in [2.45, 2.75) is 6.54 Å². The van der Waals surface area contributed by atoms with Gasteiger partial charge in [-0.1, -0.05) is 30.3 Å². The third-order valence-electron chi connectivity index (χ3n) is 4.52. The molecular weight excluding hydrogens is 384 g/mol. The standard InChI is InChI=1S/C22H20N4O2S/c1-25(15-21-23-12-13-29-21)22(27)19-14-20(16-6-4-3-5-7-16)26(24-19)17-8-10-18(28-2)11-9-17/h3-14H,15H2,1-2H3. The van der Waals surface area contributed by atoms with Gasteiger partial charge < -0.3 is 9.64 Å². The van der Waals surface area contributed by atoms with Gasteiger partial charge in [0, 0.05) is 24.2 Å². The fraction of sp³-hybridized carbons (Fsp3) is 0.136. The Morgan fingerprint density at radius 2 is 1.90 bits per heavy atom. The molecule has 0 radical (unpaired) electrons. The van der Waals surface area contributed by atoms with Crippen LogP contribution in [-0.4, -0.2) is 39.7 Å². The van der Waals surface area contributed by atoms with E-state index in [1.54, 1.807) is 29.9 Å². The molecule has 0 spiro atoms. The van der Waals surface area contributed by atoms with Crippen molar-refractivity contribution in [2.24, 2.45) is 0 Å². The second-order valence-electron chi connectivity index (χ2n) is 6.48. The maximum absolute atomic E-state index is 13.0. The van der Waals surface area contributed by atoms with E-state index < -0.39 is 0 Å². The third-order valence-corrected chi connectivity index (χ3v) is 5.28. The van der Waals surface area contributed by atoms with Crippen LogP contribution in [0.5, 0.6) is 5.75 Å². The van der Waals surface area contributed by atoms with Gasteiger partial charge in [0.05, 0.1) is 25.0 Å². The van der Waals surface area contributed by atoms with E-state index in [2.05, 4.69) is 10.1 Å². The molecule has 0 aliphatic rings. The maximum atomic E-state index is 13.0. The van der Waals surface area contributed by atoms with E-state index in [1.807, 2.05) is 66.0 Å². The number of hydrogen-bond acceptors (Lipinski definition) is 5. The van der Waals surface area contributed by atoms with Gasteiger partial charge in [0.2, 0.25) is 0 Å². The summed E-state index contributed by atoms with van der Waals surface area (Å²) in [6.07, 6.45) is 1.74. The lowest BCUT2D eigenvalue weighted by Gasteiger charge is -2.13. The number of carbonyl (C=O) groups is 1. The fourth-order valence-electron chi connectivity index (χ4n) is 3.02. The zero-order chi connectivity index (χ0) is 20.2. The summed E-state index contributed by atoms with van der Waals surface area (Å²) in [4.78, 5) is 18.9. The molecule has 4 aromatic rings. The van der Waals surface area contributed by atoms with Crippen molar-refractivity contribution in [2.75, 3.05) is 14.2 Å². The van der Waals surface area contributed by atoms with E-state index in [0.29, 0.717) is 12.2 Å². The van der Waals surface area contributed by atoms with Crippen molar-refractivity contribution < 1.29 is 9.53 Å². The molecule has 29 heavy (non-hydrogen) atoms. The second kappa shape index (κ2) is 8.28. The van der Waals surface area contributed by atoms with Crippen molar-refractivity contribution >= 4 is 17.2 Å². The minimum absolute atomic E-state index is 0.148. The number of carbonyl (C=O) groups excluding carboxylic acids is 1. The summed E-state index contributed by atoms with van der Waals surface area (Å²) in [6, 6.07) is 19.3. The monoisotopic (exact) mass is 404 g/mol. The van der Waals surface area contributed by atoms with Crippen molar-refractivity contribution in [3.05, 3.63) is 82.9 Å². The van der Waals surface area contributed by atoms with Crippen LogP contribution in [0.25, 0.3) is 16.9 Å². The van der Waals surface area contributed by atoms with Crippen molar-refractivity contribution in [1.29, 1.82) is 0 Å². The Kier molecular flexibility index (Phi) is 5.39. The number of ether oxygens (including phenoxy) is 1. The molecule has 2 aromatic heterocycles. The lowest BCUT2D eigenvalue weighted by atomic mass is 10.1. The molecule has 0 unspecified atom stereocenters. The molecule has 0 saturated heterocycles. The predicted octanol–water partition coefficient (Wildman–Crippen LogP) is 4.28. The molecule has 0 saturated carbocycles. The maximum Gasteiger partial charge on any atom is 0.274 e. The van der Waals surface area contributed by atoms with Gasteiger partial charge in [-0.3, -0.25) is 4.79 Å². The van der Waals surface area contributed by atoms with E-state index in [0.717, 1.165) is 27.7 Å². The summed E-state index contributed by atoms with van der Waals surface area (Å²) >= 11 is 1.53. The van der Waals surface area contributed by atoms with Crippen LogP contribution < -0.4 is 4.74 Å². The van der Waals surface area contributed by atoms with Crippen LogP contribution in [-0.2, 0) is 6.54 Å². The number of methoxy groups -OCH3 is 1. The molecule has 4 rings (SSSR count). The molecule has 146 valence electrons. The van der Waals surface area contributed by atoms with Crippen LogP contribution in [0.4, 0.5) is 0 Å². The van der Waals surface area contributed by atoms with Crippen molar-refractivity contribution in [3.8, 4) is 22.7 Å². The summed E-state index contributed by atoms with van der Waals surface area (Å²) < 4.78 is 7.04. The number of hydrogen-bond donors (Lipinski definition) is 0. The first kappa shape index (κ1) is 18.9. The first-order valence-electron chi connectivity index (χ1n) is 9.09. The van der Waals surface area contributed by atoms with Gasteiger partial charge in [-0.2, -0.15) is 5.10 Å². The Morgan fingerprint density at radius 3 is 2.55 bits per heavy atom. The van der Waals surface area contributed by atoms with Gasteiger partial charge in [0.1, 0.15) is 10.8 Å². The van der Waals surface area contributed by atoms with Crippen LogP contribution in [0.2, 0.25) is 0 Å². The van der Waals surface area contributed by atoms with Crippen LogP contribution >= 0.6 is 11.3 Å². The molecule has 0 N–H and O–H groups in total. The summed E-state index contributed by atoms with van der Waals surface area (Å²) in [6.45, 7) is 0.451. The Hall–Kier alpha value is -3.45. The normalized spacial score (nSPS) is 10.7. The highest BCUT2D eigenvalue weighted by Gasteiger charge is 2.20. The summed E-state index contributed by atoms with van der Waals surface area (Å²) in [7, 11) is 3.39. The van der Waals surface area contributed by atoms with Gasteiger partial charge >= 0.3 is 0 Å². The van der Waals surface area contributed by atoms with E-state index in [1.165, 1.54) is 11.3 Å². The molecular formula is C22H20N4O2S. The number of nitrogens with zero attached hydrogens (tertiary/aromatic N) is 4. The minimum atomic E-state index is -0.148. The predicted molar refractivity (Wildman–Crippen MR) is 113 cm³/mol. The lowest BCUT2D eigenvalue weighted by Crippen LogP contribution is -2.26. The zero-order valence-corrected chi connectivity index (χ0v) is 17.0. The summed E-state index contributed by atoms with van der Waals surface area (Å²) in [5.74, 6) is 0.617. The minimum Gasteiger partial charge on any atom is -0.497 e. The average molecular weight is 404 g/mol. The second-order valence-corrected chi connectivity index (χ2v) is 7.46. The Bertz CT molecular complexity index is 1090. The molecule has 2 heterocycles. The topological polar surface area (TPSA) is 60.3 Å². The van der Waals surface area contributed by atoms with E-state index in [-0.39, 0.29) is 5.91 Å². The molecule has 1 amide bonds. The van der Waals surface area contributed by atoms with Crippen molar-refractivity contribution in [1.82, 2.24) is 19.7 Å². The summed E-state index contributed by atoms with van der Waals surface area (Å²) in [5, 5.41) is 7.42. The lowest BCUT2D eigenvalue weighted by molar-refractivity contribution is 0.0778. The average Bonchev–Trinajstić information content (AvgIpc) is 3.44. The molecule has 0 aliphatic heterocycles. The van der Waals surface area contributed by atoms with Gasteiger partial charge in [0.15, 0.2) is 5.69 Å². The van der Waals surface area contributed by atoms with Crippen molar-refractivity contribution in [3.63, 3.8) is 0 Å². The molecule has 0 fully saturated rings. The highest BCUT2D eigenvalue weighted by Crippen LogP contribution is 2.26. The van der Waals surface area contributed by atoms with Gasteiger partial charge in [-0.25, -0.2) is 9.67 Å². The highest BCUT2D eigenvalue weighted by molar-refractivity contribution is 7.09. The SMILES string of the molecule is COc1ccc(-n2nc(C(=O)N(C)Cc3nccs3)cc2-c2ccccc2)cc1.